The van der Waals surface area contributed by atoms with Gasteiger partial charge in [-0.15, -0.1) is 0 Å². The fraction of sp³-hybridized carbons (Fsp3) is 0.800. The summed E-state index contributed by atoms with van der Waals surface area (Å²) in [6, 6.07) is 0. The van der Waals surface area contributed by atoms with Gasteiger partial charge in [0, 0.05) is 0 Å². The van der Waals surface area contributed by atoms with E-state index in [-0.39, 0.29) is 10.6 Å². The van der Waals surface area contributed by atoms with Gasteiger partial charge >= 0.3 is 5.97 Å². The Morgan fingerprint density at radius 1 is 1.33 bits per heavy atom. The Hall–Kier alpha value is -0.500. The van der Waals surface area contributed by atoms with Crippen LogP contribution < -0.4 is 0 Å². The lowest BCUT2D eigenvalue weighted by Gasteiger charge is -2.47. The molecule has 0 aromatic rings. The molecule has 0 saturated heterocycles. The average Bonchev–Trinajstić information content (AvgIpc) is 2.27. The fourth-order valence-electron chi connectivity index (χ4n) is 4.06. The van der Waals surface area contributed by atoms with Crippen molar-refractivity contribution in [1.82, 2.24) is 0 Å². The van der Waals surface area contributed by atoms with Crippen LogP contribution in [0.25, 0.3) is 0 Å². The molecule has 0 amide bonds. The Morgan fingerprint density at radius 2 is 1.89 bits per heavy atom. The van der Waals surface area contributed by atoms with Crippen LogP contribution in [-0.4, -0.2) is 11.6 Å². The van der Waals surface area contributed by atoms with Crippen molar-refractivity contribution in [2.24, 2.45) is 17.8 Å². The highest BCUT2D eigenvalue weighted by Gasteiger charge is 2.45. The molecule has 0 radical (unpaired) electrons. The van der Waals surface area contributed by atoms with Crippen LogP contribution in [0.15, 0.2) is 11.6 Å². The molecule has 2 nitrogen and oxygen atoms in total. The summed E-state index contributed by atoms with van der Waals surface area (Å²) >= 11 is 5.64. The molecule has 2 aliphatic rings. The van der Waals surface area contributed by atoms with Gasteiger partial charge in [-0.3, -0.25) is 0 Å². The lowest BCUT2D eigenvalue weighted by atomic mass is 9.62. The van der Waals surface area contributed by atoms with E-state index in [1.807, 2.05) is 0 Å². The van der Waals surface area contributed by atoms with Gasteiger partial charge in [-0.05, 0) is 56.3 Å². The summed E-state index contributed by atoms with van der Waals surface area (Å²) in [6.07, 6.45) is 6.74. The van der Waals surface area contributed by atoms with Crippen molar-refractivity contribution in [3.05, 3.63) is 11.6 Å². The summed E-state index contributed by atoms with van der Waals surface area (Å²) in [6.45, 7) is 7.91. The van der Waals surface area contributed by atoms with Gasteiger partial charge in [0.05, 0.1) is 0 Å². The molecule has 0 N–H and O–H groups in total. The van der Waals surface area contributed by atoms with Gasteiger partial charge in [0.2, 0.25) is 0 Å². The molecule has 102 valence electrons. The molecule has 2 saturated carbocycles. The number of carbonyl (C=O) groups excluding carboxylic acids is 1. The SMILES string of the molecule is C=C(Cl)C(=O)OC1(CC)CC2CC(C)CC(C2)C1. The van der Waals surface area contributed by atoms with Crippen LogP contribution >= 0.6 is 11.6 Å². The first kappa shape index (κ1) is 13.9. The molecule has 2 atom stereocenters. The van der Waals surface area contributed by atoms with Gasteiger partial charge < -0.3 is 4.74 Å². The van der Waals surface area contributed by atoms with Gasteiger partial charge in [-0.25, -0.2) is 4.79 Å². The summed E-state index contributed by atoms with van der Waals surface area (Å²) in [4.78, 5) is 11.7. The summed E-state index contributed by atoms with van der Waals surface area (Å²) in [7, 11) is 0. The Balaban J connectivity index is 2.09. The maximum atomic E-state index is 11.7. The number of hydrogen-bond donors (Lipinski definition) is 0. The Kier molecular flexibility index (Phi) is 4.05. The van der Waals surface area contributed by atoms with Crippen LogP contribution in [0, 0.1) is 17.8 Å². The van der Waals surface area contributed by atoms with Crippen LogP contribution in [0.5, 0.6) is 0 Å². The molecule has 0 aromatic carbocycles. The third kappa shape index (κ3) is 2.90. The quantitative estimate of drug-likeness (QED) is 0.565. The predicted octanol–water partition coefficient (Wildman–Crippen LogP) is 4.28. The Morgan fingerprint density at radius 3 is 2.33 bits per heavy atom. The first-order valence-electron chi connectivity index (χ1n) is 7.02. The monoisotopic (exact) mass is 270 g/mol. The molecule has 0 aromatic heterocycles. The first-order valence-corrected chi connectivity index (χ1v) is 7.39. The van der Waals surface area contributed by atoms with Gasteiger partial charge in [-0.2, -0.15) is 0 Å². The third-order valence-electron chi connectivity index (χ3n) is 4.63. The number of ether oxygens (including phenoxy) is 1. The molecule has 0 heterocycles. The standard InChI is InChI=1S/C15H23ClO2/c1-4-15(18-14(17)11(3)16)8-12-5-10(2)6-13(7-12)9-15/h10,12-13H,3-9H2,1-2H3. The van der Waals surface area contributed by atoms with Gasteiger partial charge in [0.15, 0.2) is 0 Å². The summed E-state index contributed by atoms with van der Waals surface area (Å²) in [5.74, 6) is 1.81. The largest absolute Gasteiger partial charge is 0.455 e. The Bertz CT molecular complexity index is 332. The highest BCUT2D eigenvalue weighted by molar-refractivity contribution is 6.40. The minimum absolute atomic E-state index is 0.00748. The molecular weight excluding hydrogens is 248 g/mol. The highest BCUT2D eigenvalue weighted by Crippen LogP contribution is 2.49. The van der Waals surface area contributed by atoms with Crippen molar-refractivity contribution in [2.75, 3.05) is 0 Å². The van der Waals surface area contributed by atoms with Crippen LogP contribution in [0.4, 0.5) is 0 Å². The topological polar surface area (TPSA) is 26.3 Å². The maximum Gasteiger partial charge on any atom is 0.349 e. The van der Waals surface area contributed by atoms with E-state index < -0.39 is 5.97 Å². The van der Waals surface area contributed by atoms with E-state index in [0.29, 0.717) is 11.8 Å². The first-order chi connectivity index (χ1) is 8.44. The lowest BCUT2D eigenvalue weighted by Crippen LogP contribution is -2.45. The van der Waals surface area contributed by atoms with E-state index in [1.54, 1.807) is 0 Å². The molecule has 0 aliphatic heterocycles. The minimum atomic E-state index is -0.438. The van der Waals surface area contributed by atoms with Crippen LogP contribution in [0.1, 0.15) is 52.4 Å². The second-order valence-corrected chi connectivity index (χ2v) is 6.74. The van der Waals surface area contributed by atoms with E-state index in [2.05, 4.69) is 20.4 Å². The van der Waals surface area contributed by atoms with Crippen molar-refractivity contribution in [2.45, 2.75) is 58.0 Å². The average molecular weight is 271 g/mol. The molecule has 2 fully saturated rings. The van der Waals surface area contributed by atoms with E-state index in [0.717, 1.165) is 25.2 Å². The lowest BCUT2D eigenvalue weighted by molar-refractivity contribution is -0.165. The van der Waals surface area contributed by atoms with E-state index in [9.17, 15) is 4.79 Å². The normalized spacial score (nSPS) is 39.2. The third-order valence-corrected chi connectivity index (χ3v) is 4.79. The molecule has 0 spiro atoms. The van der Waals surface area contributed by atoms with Crippen LogP contribution in [-0.2, 0) is 9.53 Å². The molecule has 3 heteroatoms. The second-order valence-electron chi connectivity index (χ2n) is 6.28. The molecule has 2 aliphatic carbocycles. The van der Waals surface area contributed by atoms with Crippen molar-refractivity contribution < 1.29 is 9.53 Å². The highest BCUT2D eigenvalue weighted by atomic mass is 35.5. The van der Waals surface area contributed by atoms with Gasteiger partial charge in [-0.1, -0.05) is 32.0 Å². The van der Waals surface area contributed by atoms with E-state index in [1.165, 1.54) is 19.3 Å². The second kappa shape index (κ2) is 5.24. The number of halogens is 1. The van der Waals surface area contributed by atoms with E-state index >= 15 is 0 Å². The molecule has 2 bridgehead atoms. The predicted molar refractivity (Wildman–Crippen MR) is 73.3 cm³/mol. The summed E-state index contributed by atoms with van der Waals surface area (Å²) < 4.78 is 5.69. The van der Waals surface area contributed by atoms with Crippen molar-refractivity contribution in [3.63, 3.8) is 0 Å². The fourth-order valence-corrected chi connectivity index (χ4v) is 4.10. The number of hydrogen-bond acceptors (Lipinski definition) is 2. The zero-order valence-corrected chi connectivity index (χ0v) is 12.1. The summed E-state index contributed by atoms with van der Waals surface area (Å²) in [5, 5.41) is -0.00748. The molecule has 2 rings (SSSR count). The van der Waals surface area contributed by atoms with E-state index in [4.69, 9.17) is 16.3 Å². The van der Waals surface area contributed by atoms with Crippen LogP contribution in [0.3, 0.4) is 0 Å². The van der Waals surface area contributed by atoms with Gasteiger partial charge in [0.25, 0.3) is 0 Å². The van der Waals surface area contributed by atoms with Crippen molar-refractivity contribution >= 4 is 17.6 Å². The number of carbonyl (C=O) groups is 1. The number of esters is 1. The van der Waals surface area contributed by atoms with Crippen molar-refractivity contribution in [3.8, 4) is 0 Å². The minimum Gasteiger partial charge on any atom is -0.455 e. The maximum absolute atomic E-state index is 11.7. The van der Waals surface area contributed by atoms with Crippen LogP contribution in [0.2, 0.25) is 0 Å². The van der Waals surface area contributed by atoms with Gasteiger partial charge in [0.1, 0.15) is 10.6 Å². The zero-order chi connectivity index (χ0) is 13.3. The number of fused-ring (bicyclic) bond motifs is 2. The number of rotatable bonds is 3. The molecular formula is C15H23ClO2. The zero-order valence-electron chi connectivity index (χ0n) is 11.4. The Labute approximate surface area is 115 Å². The molecule has 18 heavy (non-hydrogen) atoms. The smallest absolute Gasteiger partial charge is 0.349 e. The summed E-state index contributed by atoms with van der Waals surface area (Å²) in [5.41, 5.74) is -0.289. The molecule has 2 unspecified atom stereocenters. The van der Waals surface area contributed by atoms with Crippen molar-refractivity contribution in [1.29, 1.82) is 0 Å².